The van der Waals surface area contributed by atoms with Crippen LogP contribution >= 0.6 is 0 Å². The Morgan fingerprint density at radius 2 is 1.62 bits per heavy atom. The zero-order chi connectivity index (χ0) is 21.4. The molecule has 1 heterocycles. The Hall–Kier alpha value is -2.78. The van der Waals surface area contributed by atoms with Gasteiger partial charge in [0.15, 0.2) is 0 Å². The van der Waals surface area contributed by atoms with E-state index in [0.717, 1.165) is 5.56 Å². The Kier molecular flexibility index (Phi) is 7.86. The molecule has 2 rings (SSSR count). The smallest absolute Gasteiger partial charge is 0.251 e. The molecule has 1 aromatic heterocycles. The van der Waals surface area contributed by atoms with Gasteiger partial charge in [0.1, 0.15) is 0 Å². The molecule has 0 aliphatic rings. The highest BCUT2D eigenvalue weighted by molar-refractivity contribution is 7.89. The lowest BCUT2D eigenvalue weighted by molar-refractivity contribution is -0.120. The van der Waals surface area contributed by atoms with E-state index in [1.165, 1.54) is 28.6 Å². The fraction of sp³-hybridized carbons (Fsp3) is 0.350. The summed E-state index contributed by atoms with van der Waals surface area (Å²) in [6, 6.07) is 9.05. The molecule has 0 radical (unpaired) electrons. The molecule has 0 unspecified atom stereocenters. The molecule has 2 amide bonds. The molecule has 0 saturated carbocycles. The number of carbonyl (C=O) groups excluding carboxylic acids is 2. The van der Waals surface area contributed by atoms with Crippen LogP contribution in [0.3, 0.4) is 0 Å². The molecule has 1 atom stereocenters. The van der Waals surface area contributed by atoms with Crippen molar-refractivity contribution < 1.29 is 18.0 Å². The highest BCUT2D eigenvalue weighted by atomic mass is 32.2. The van der Waals surface area contributed by atoms with Crippen LogP contribution in [0.5, 0.6) is 0 Å². The van der Waals surface area contributed by atoms with Gasteiger partial charge in [-0.25, -0.2) is 8.42 Å². The van der Waals surface area contributed by atoms with E-state index >= 15 is 0 Å². The molecule has 0 aliphatic heterocycles. The van der Waals surface area contributed by atoms with Gasteiger partial charge in [-0.1, -0.05) is 13.8 Å². The van der Waals surface area contributed by atoms with Crippen molar-refractivity contribution in [3.8, 4) is 0 Å². The topological polar surface area (TPSA) is 108 Å². The number of pyridine rings is 1. The number of rotatable bonds is 9. The van der Waals surface area contributed by atoms with Crippen molar-refractivity contribution >= 4 is 21.8 Å². The Labute approximate surface area is 171 Å². The number of carbonyl (C=O) groups is 2. The maximum absolute atomic E-state index is 12.5. The summed E-state index contributed by atoms with van der Waals surface area (Å²) in [7, 11) is -3.58. The summed E-state index contributed by atoms with van der Waals surface area (Å²) in [5.74, 6) is -0.785. The van der Waals surface area contributed by atoms with Crippen LogP contribution in [0.15, 0.2) is 53.7 Å². The summed E-state index contributed by atoms with van der Waals surface area (Å²) in [5, 5.41) is 5.33. The highest BCUT2D eigenvalue weighted by Crippen LogP contribution is 2.16. The quantitative estimate of drug-likeness (QED) is 0.645. The molecule has 1 aromatic carbocycles. The normalized spacial score (nSPS) is 12.4. The SMILES string of the molecule is CCN(CC)S(=O)(=O)c1ccc(C(=O)NCC(=O)N[C@H](C)c2ccncc2)cc1. The Morgan fingerprint density at radius 3 is 2.17 bits per heavy atom. The van der Waals surface area contributed by atoms with Gasteiger partial charge in [-0.05, 0) is 48.9 Å². The highest BCUT2D eigenvalue weighted by Gasteiger charge is 2.21. The molecule has 0 spiro atoms. The summed E-state index contributed by atoms with van der Waals surface area (Å²) in [5.41, 5.74) is 1.18. The summed E-state index contributed by atoms with van der Waals surface area (Å²) in [6.07, 6.45) is 3.29. The van der Waals surface area contributed by atoms with E-state index in [2.05, 4.69) is 15.6 Å². The van der Waals surface area contributed by atoms with Gasteiger partial charge in [-0.15, -0.1) is 0 Å². The van der Waals surface area contributed by atoms with Gasteiger partial charge < -0.3 is 10.6 Å². The third kappa shape index (κ3) is 5.85. The minimum absolute atomic E-state index is 0.127. The molecule has 9 heteroatoms. The first kappa shape index (κ1) is 22.5. The van der Waals surface area contributed by atoms with Gasteiger partial charge in [0.25, 0.3) is 5.91 Å². The lowest BCUT2D eigenvalue weighted by Gasteiger charge is -2.18. The van der Waals surface area contributed by atoms with Crippen LogP contribution in [-0.4, -0.2) is 49.2 Å². The Morgan fingerprint density at radius 1 is 1.03 bits per heavy atom. The molecule has 0 aliphatic carbocycles. The van der Waals surface area contributed by atoms with Crippen molar-refractivity contribution in [2.45, 2.75) is 31.7 Å². The zero-order valence-electron chi connectivity index (χ0n) is 16.8. The number of nitrogens with zero attached hydrogens (tertiary/aromatic N) is 2. The van der Waals surface area contributed by atoms with Crippen molar-refractivity contribution in [3.63, 3.8) is 0 Å². The van der Waals surface area contributed by atoms with Crippen molar-refractivity contribution in [3.05, 3.63) is 59.9 Å². The molecule has 0 fully saturated rings. The van der Waals surface area contributed by atoms with Crippen LogP contribution in [-0.2, 0) is 14.8 Å². The fourth-order valence-electron chi connectivity index (χ4n) is 2.78. The molecular formula is C20H26N4O4S. The molecule has 29 heavy (non-hydrogen) atoms. The first-order valence-corrected chi connectivity index (χ1v) is 10.8. The van der Waals surface area contributed by atoms with Gasteiger partial charge in [-0.3, -0.25) is 14.6 Å². The summed E-state index contributed by atoms with van der Waals surface area (Å²) >= 11 is 0. The summed E-state index contributed by atoms with van der Waals surface area (Å²) in [6.45, 7) is 5.92. The van der Waals surface area contributed by atoms with E-state index < -0.39 is 15.9 Å². The fourth-order valence-corrected chi connectivity index (χ4v) is 4.24. The van der Waals surface area contributed by atoms with Crippen LogP contribution in [0, 0.1) is 0 Å². The monoisotopic (exact) mass is 418 g/mol. The first-order chi connectivity index (χ1) is 13.8. The minimum atomic E-state index is -3.58. The van der Waals surface area contributed by atoms with Gasteiger partial charge in [0, 0.05) is 31.0 Å². The Balaban J connectivity index is 1.93. The van der Waals surface area contributed by atoms with Crippen molar-refractivity contribution in [2.24, 2.45) is 0 Å². The predicted molar refractivity (Wildman–Crippen MR) is 110 cm³/mol. The predicted octanol–water partition coefficient (Wildman–Crippen LogP) is 1.72. The Bertz CT molecular complexity index is 927. The number of hydrogen-bond donors (Lipinski definition) is 2. The van der Waals surface area contributed by atoms with Crippen molar-refractivity contribution in [1.29, 1.82) is 0 Å². The first-order valence-electron chi connectivity index (χ1n) is 9.37. The molecule has 2 N–H and O–H groups in total. The number of sulfonamides is 1. The summed E-state index contributed by atoms with van der Waals surface area (Å²) in [4.78, 5) is 28.4. The van der Waals surface area contributed by atoms with Crippen LogP contribution in [0.1, 0.15) is 42.7 Å². The van der Waals surface area contributed by atoms with Gasteiger partial charge in [0.05, 0.1) is 17.5 Å². The van der Waals surface area contributed by atoms with E-state index in [1.54, 1.807) is 38.4 Å². The second-order valence-corrected chi connectivity index (χ2v) is 8.30. The van der Waals surface area contributed by atoms with Gasteiger partial charge >= 0.3 is 0 Å². The van der Waals surface area contributed by atoms with Crippen LogP contribution in [0.25, 0.3) is 0 Å². The van der Waals surface area contributed by atoms with Crippen molar-refractivity contribution in [2.75, 3.05) is 19.6 Å². The molecule has 8 nitrogen and oxygen atoms in total. The standard InChI is InChI=1S/C20H26N4O4S/c1-4-24(5-2)29(27,28)18-8-6-17(7-9-18)20(26)22-14-19(25)23-15(3)16-10-12-21-13-11-16/h6-13,15H,4-5,14H2,1-3H3,(H,22,26)(H,23,25)/t15-/m1/s1. The number of benzene rings is 1. The minimum Gasteiger partial charge on any atom is -0.348 e. The van der Waals surface area contributed by atoms with E-state index in [9.17, 15) is 18.0 Å². The van der Waals surface area contributed by atoms with Gasteiger partial charge in [-0.2, -0.15) is 4.31 Å². The molecular weight excluding hydrogens is 392 g/mol. The molecule has 2 aromatic rings. The van der Waals surface area contributed by atoms with E-state index in [1.807, 2.05) is 6.92 Å². The largest absolute Gasteiger partial charge is 0.348 e. The van der Waals surface area contributed by atoms with Crippen LogP contribution in [0.2, 0.25) is 0 Å². The lowest BCUT2D eigenvalue weighted by atomic mass is 10.1. The third-order valence-corrected chi connectivity index (χ3v) is 6.52. The number of amides is 2. The maximum atomic E-state index is 12.5. The van der Waals surface area contributed by atoms with E-state index in [-0.39, 0.29) is 29.0 Å². The second kappa shape index (κ2) is 10.1. The molecule has 0 saturated heterocycles. The average Bonchev–Trinajstić information content (AvgIpc) is 2.73. The number of nitrogens with one attached hydrogen (secondary N) is 2. The van der Waals surface area contributed by atoms with E-state index in [0.29, 0.717) is 13.1 Å². The average molecular weight is 419 g/mol. The van der Waals surface area contributed by atoms with Crippen LogP contribution in [0.4, 0.5) is 0 Å². The third-order valence-electron chi connectivity index (χ3n) is 4.45. The van der Waals surface area contributed by atoms with Crippen molar-refractivity contribution in [1.82, 2.24) is 19.9 Å². The van der Waals surface area contributed by atoms with E-state index in [4.69, 9.17) is 0 Å². The number of aromatic nitrogens is 1. The van der Waals surface area contributed by atoms with Crippen LogP contribution < -0.4 is 10.6 Å². The van der Waals surface area contributed by atoms with Gasteiger partial charge in [0.2, 0.25) is 15.9 Å². The molecule has 156 valence electrons. The molecule has 0 bridgehead atoms. The lowest BCUT2D eigenvalue weighted by Crippen LogP contribution is -2.38. The number of hydrogen-bond acceptors (Lipinski definition) is 5. The second-order valence-electron chi connectivity index (χ2n) is 6.37. The summed E-state index contributed by atoms with van der Waals surface area (Å²) < 4.78 is 26.3. The maximum Gasteiger partial charge on any atom is 0.251 e. The zero-order valence-corrected chi connectivity index (χ0v) is 17.6.